The highest BCUT2D eigenvalue weighted by atomic mass is 16.4. The Balaban J connectivity index is 4.49. The monoisotopic (exact) mass is 653 g/mol. The number of hydrogen-bond donors (Lipinski definition) is 3. The van der Waals surface area contributed by atoms with Crippen LogP contribution in [0.4, 0.5) is 0 Å². The fourth-order valence-corrected chi connectivity index (χ4v) is 6.79. The Kier molecular flexibility index (Phi) is 28.1. The SMILES string of the molecule is CCCCCCCCCCCCCCCCCCCC/C=C/CC[N+](CC(CC)C(=O)O)(CC(CC)C(=O)O)CC(CC)C(=O)O. The summed E-state index contributed by atoms with van der Waals surface area (Å²) in [6, 6.07) is 0. The summed E-state index contributed by atoms with van der Waals surface area (Å²) < 4.78 is 0.212. The van der Waals surface area contributed by atoms with Crippen molar-refractivity contribution in [1.82, 2.24) is 0 Å². The molecule has 0 aliphatic carbocycles. The molecule has 0 aliphatic heterocycles. The number of nitrogens with zero attached hydrogens (tertiary/aromatic N) is 1. The number of hydrogen-bond acceptors (Lipinski definition) is 3. The van der Waals surface area contributed by atoms with Crippen LogP contribution in [0.25, 0.3) is 0 Å². The second kappa shape index (κ2) is 29.3. The van der Waals surface area contributed by atoms with Crippen LogP contribution in [0.2, 0.25) is 0 Å². The van der Waals surface area contributed by atoms with Gasteiger partial charge in [-0.2, -0.15) is 0 Å². The van der Waals surface area contributed by atoms with Gasteiger partial charge in [0.2, 0.25) is 0 Å². The van der Waals surface area contributed by atoms with Gasteiger partial charge in [-0.15, -0.1) is 0 Å². The molecule has 0 rings (SSSR count). The van der Waals surface area contributed by atoms with Gasteiger partial charge in [-0.1, -0.05) is 149 Å². The maximum atomic E-state index is 12.0. The van der Waals surface area contributed by atoms with E-state index in [9.17, 15) is 29.7 Å². The lowest BCUT2D eigenvalue weighted by molar-refractivity contribution is -0.934. The lowest BCUT2D eigenvalue weighted by atomic mass is 9.96. The van der Waals surface area contributed by atoms with Gasteiger partial charge in [0.05, 0.1) is 26.2 Å². The van der Waals surface area contributed by atoms with Gasteiger partial charge in [-0.25, -0.2) is 0 Å². The largest absolute Gasteiger partial charge is 0.481 e. The molecule has 0 amide bonds. The second-order valence-electron chi connectivity index (χ2n) is 14.0. The minimum atomic E-state index is -0.902. The number of aliphatic carboxylic acids is 3. The molecular weight excluding hydrogens is 578 g/mol. The Bertz CT molecular complexity index is 738. The highest BCUT2D eigenvalue weighted by Gasteiger charge is 2.40. The van der Waals surface area contributed by atoms with Crippen LogP contribution in [0.15, 0.2) is 12.2 Å². The van der Waals surface area contributed by atoms with E-state index in [0.717, 1.165) is 12.8 Å². The van der Waals surface area contributed by atoms with Crippen LogP contribution in [-0.4, -0.2) is 63.9 Å². The molecule has 7 heteroatoms. The van der Waals surface area contributed by atoms with Crippen molar-refractivity contribution in [3.63, 3.8) is 0 Å². The van der Waals surface area contributed by atoms with E-state index in [1.165, 1.54) is 109 Å². The second-order valence-corrected chi connectivity index (χ2v) is 14.0. The minimum absolute atomic E-state index is 0.212. The summed E-state index contributed by atoms with van der Waals surface area (Å²) in [5.74, 6) is -4.62. The van der Waals surface area contributed by atoms with Crippen molar-refractivity contribution in [3.8, 4) is 0 Å². The Morgan fingerprint density at radius 1 is 0.457 bits per heavy atom. The number of rotatable bonds is 34. The van der Waals surface area contributed by atoms with Crippen LogP contribution in [0.3, 0.4) is 0 Å². The molecule has 0 saturated carbocycles. The van der Waals surface area contributed by atoms with Crippen LogP contribution in [-0.2, 0) is 14.4 Å². The highest BCUT2D eigenvalue weighted by molar-refractivity contribution is 5.71. The Morgan fingerprint density at radius 3 is 1.02 bits per heavy atom. The van der Waals surface area contributed by atoms with Crippen LogP contribution in [0.1, 0.15) is 175 Å². The molecule has 3 atom stereocenters. The molecule has 3 unspecified atom stereocenters. The van der Waals surface area contributed by atoms with Gasteiger partial charge in [0.1, 0.15) is 17.8 Å². The minimum Gasteiger partial charge on any atom is -0.481 e. The van der Waals surface area contributed by atoms with E-state index in [-0.39, 0.29) is 24.1 Å². The predicted octanol–water partition coefficient (Wildman–Crippen LogP) is 10.5. The van der Waals surface area contributed by atoms with E-state index in [2.05, 4.69) is 19.1 Å². The molecule has 0 spiro atoms. The zero-order valence-corrected chi connectivity index (χ0v) is 30.5. The zero-order valence-electron chi connectivity index (χ0n) is 30.5. The average Bonchev–Trinajstić information content (AvgIpc) is 3.03. The van der Waals surface area contributed by atoms with Gasteiger partial charge in [-0.05, 0) is 32.1 Å². The van der Waals surface area contributed by atoms with Crippen molar-refractivity contribution < 1.29 is 34.2 Å². The van der Waals surface area contributed by atoms with Crippen molar-refractivity contribution in [2.75, 3.05) is 26.2 Å². The van der Waals surface area contributed by atoms with E-state index >= 15 is 0 Å². The van der Waals surface area contributed by atoms with Crippen LogP contribution >= 0.6 is 0 Å². The smallest absolute Gasteiger partial charge is 0.312 e. The van der Waals surface area contributed by atoms with Crippen molar-refractivity contribution in [2.45, 2.75) is 175 Å². The van der Waals surface area contributed by atoms with Gasteiger partial charge < -0.3 is 19.8 Å². The predicted molar refractivity (Wildman–Crippen MR) is 191 cm³/mol. The maximum absolute atomic E-state index is 12.0. The van der Waals surface area contributed by atoms with Crippen LogP contribution in [0.5, 0.6) is 0 Å². The van der Waals surface area contributed by atoms with E-state index in [4.69, 9.17) is 0 Å². The maximum Gasteiger partial charge on any atom is 0.312 e. The molecule has 0 aromatic rings. The first kappa shape index (κ1) is 44.1. The van der Waals surface area contributed by atoms with Gasteiger partial charge >= 0.3 is 17.9 Å². The summed E-state index contributed by atoms with van der Waals surface area (Å²) in [7, 11) is 0. The molecule has 0 radical (unpaired) electrons. The van der Waals surface area contributed by atoms with E-state index in [0.29, 0.717) is 32.2 Å². The quantitative estimate of drug-likeness (QED) is 0.0362. The van der Waals surface area contributed by atoms with Crippen molar-refractivity contribution in [3.05, 3.63) is 12.2 Å². The summed E-state index contributed by atoms with van der Waals surface area (Å²) in [5.41, 5.74) is 0. The number of allylic oxidation sites excluding steroid dienone is 1. The molecular formula is C39H74NO6+. The highest BCUT2D eigenvalue weighted by Crippen LogP contribution is 2.25. The van der Waals surface area contributed by atoms with Crippen LogP contribution < -0.4 is 0 Å². The zero-order chi connectivity index (χ0) is 34.5. The third-order valence-electron chi connectivity index (χ3n) is 10.0. The molecule has 0 saturated heterocycles. The topological polar surface area (TPSA) is 112 Å². The van der Waals surface area contributed by atoms with Crippen LogP contribution in [0, 0.1) is 17.8 Å². The lowest BCUT2D eigenvalue weighted by Crippen LogP contribution is -2.58. The van der Waals surface area contributed by atoms with Gasteiger partial charge in [0, 0.05) is 6.42 Å². The summed E-state index contributed by atoms with van der Waals surface area (Å²) in [6.45, 7) is 9.08. The van der Waals surface area contributed by atoms with E-state index in [1.807, 2.05) is 20.8 Å². The van der Waals surface area contributed by atoms with Gasteiger partial charge in [0.15, 0.2) is 0 Å². The molecule has 0 fully saturated rings. The summed E-state index contributed by atoms with van der Waals surface area (Å²) in [4.78, 5) is 36.0. The third-order valence-corrected chi connectivity index (χ3v) is 10.0. The molecule has 0 aromatic carbocycles. The van der Waals surface area contributed by atoms with E-state index < -0.39 is 35.7 Å². The molecule has 0 heterocycles. The molecule has 46 heavy (non-hydrogen) atoms. The molecule has 270 valence electrons. The first-order valence-electron chi connectivity index (χ1n) is 19.3. The third kappa shape index (κ3) is 22.6. The average molecular weight is 653 g/mol. The molecule has 7 nitrogen and oxygen atoms in total. The molecule has 0 aliphatic rings. The van der Waals surface area contributed by atoms with Crippen molar-refractivity contribution >= 4 is 17.9 Å². The summed E-state index contributed by atoms with van der Waals surface area (Å²) in [5, 5.41) is 29.5. The number of quaternary nitrogens is 1. The van der Waals surface area contributed by atoms with Gasteiger partial charge in [-0.3, -0.25) is 14.4 Å². The number of carboxylic acids is 3. The van der Waals surface area contributed by atoms with Gasteiger partial charge in [0.25, 0.3) is 0 Å². The standard InChI is InChI=1S/C39H73NO6/c1-5-9-10-11-12-13-14-15-16-17-18-19-20-21-22-23-24-25-26-27-28-29-30-40(31-34(6-2)37(41)42,32-35(7-3)38(43)44)33-36(8-4)39(45)46/h27-28,34-36H,5-26,29-33H2,1-4H3,(H2-,41,42,43,44,45,46)/p+1/b28-27+. The first-order valence-corrected chi connectivity index (χ1v) is 19.3. The van der Waals surface area contributed by atoms with Crippen molar-refractivity contribution in [2.24, 2.45) is 17.8 Å². The molecule has 0 bridgehead atoms. The fraction of sp³-hybridized carbons (Fsp3) is 0.872. The Morgan fingerprint density at radius 2 is 0.739 bits per heavy atom. The molecule has 0 aromatic heterocycles. The Labute approximate surface area is 283 Å². The number of carbonyl (C=O) groups is 3. The van der Waals surface area contributed by atoms with E-state index in [1.54, 1.807) is 0 Å². The van der Waals surface area contributed by atoms with Crippen molar-refractivity contribution in [1.29, 1.82) is 0 Å². The molecule has 3 N–H and O–H groups in total. The summed E-state index contributed by atoms with van der Waals surface area (Å²) >= 11 is 0. The lowest BCUT2D eigenvalue weighted by Gasteiger charge is -2.43. The fourth-order valence-electron chi connectivity index (χ4n) is 6.79. The first-order chi connectivity index (χ1) is 22.2. The number of unbranched alkanes of at least 4 members (excludes halogenated alkanes) is 18. The Hall–Kier alpha value is -1.89. The summed E-state index contributed by atoms with van der Waals surface area (Å²) in [6.07, 6.45) is 31.8. The number of carboxylic acid groups (broad SMARTS) is 3. The normalized spacial score (nSPS) is 15.0.